The lowest BCUT2D eigenvalue weighted by Crippen LogP contribution is -2.52. The van der Waals surface area contributed by atoms with Gasteiger partial charge in [0.15, 0.2) is 5.96 Å². The molecule has 0 spiro atoms. The van der Waals surface area contributed by atoms with E-state index in [-0.39, 0.29) is 18.0 Å². The van der Waals surface area contributed by atoms with Gasteiger partial charge in [0.05, 0.1) is 0 Å². The first-order valence-corrected chi connectivity index (χ1v) is 9.96. The van der Waals surface area contributed by atoms with Gasteiger partial charge in [0, 0.05) is 64.3 Å². The van der Waals surface area contributed by atoms with Crippen molar-refractivity contribution in [2.75, 3.05) is 46.3 Å². The van der Waals surface area contributed by atoms with Crippen molar-refractivity contribution >= 4 is 11.9 Å². The number of hydrogen-bond donors (Lipinski definition) is 2. The number of benzene rings is 1. The summed E-state index contributed by atoms with van der Waals surface area (Å²) in [6.07, 6.45) is 3.28. The van der Waals surface area contributed by atoms with E-state index in [1.807, 2.05) is 4.90 Å². The molecule has 2 aliphatic rings. The summed E-state index contributed by atoms with van der Waals surface area (Å²) in [6.45, 7) is 5.01. The van der Waals surface area contributed by atoms with Gasteiger partial charge in [0.2, 0.25) is 5.91 Å². The number of carbonyl (C=O) groups is 1. The van der Waals surface area contributed by atoms with Crippen LogP contribution < -0.4 is 10.6 Å². The zero-order valence-electron chi connectivity index (χ0n) is 16.4. The molecule has 0 atom stereocenters. The molecule has 1 heterocycles. The number of halogens is 2. The third-order valence-electron chi connectivity index (χ3n) is 5.54. The highest BCUT2D eigenvalue weighted by Gasteiger charge is 2.30. The van der Waals surface area contributed by atoms with Gasteiger partial charge < -0.3 is 15.5 Å². The Labute approximate surface area is 165 Å². The van der Waals surface area contributed by atoms with Crippen molar-refractivity contribution in [3.8, 4) is 0 Å². The molecule has 28 heavy (non-hydrogen) atoms. The Hall–Kier alpha value is -2.22. The van der Waals surface area contributed by atoms with Crippen LogP contribution >= 0.6 is 0 Å². The minimum atomic E-state index is -0.462. The molecule has 2 fully saturated rings. The van der Waals surface area contributed by atoms with E-state index in [0.29, 0.717) is 18.4 Å². The van der Waals surface area contributed by atoms with Crippen LogP contribution in [0.5, 0.6) is 0 Å². The Morgan fingerprint density at radius 3 is 2.57 bits per heavy atom. The molecule has 1 aromatic carbocycles. The van der Waals surface area contributed by atoms with Gasteiger partial charge in [0.25, 0.3) is 0 Å². The summed E-state index contributed by atoms with van der Waals surface area (Å²) >= 11 is 0. The van der Waals surface area contributed by atoms with E-state index in [4.69, 9.17) is 0 Å². The molecule has 0 radical (unpaired) electrons. The molecule has 2 N–H and O–H groups in total. The summed E-state index contributed by atoms with van der Waals surface area (Å²) in [5.74, 6) is 0.237. The molecule has 0 bridgehead atoms. The van der Waals surface area contributed by atoms with E-state index in [2.05, 4.69) is 20.5 Å². The third kappa shape index (κ3) is 5.41. The molecule has 1 saturated carbocycles. The molecular formula is C20H29F2N5O. The van der Waals surface area contributed by atoms with E-state index in [1.165, 1.54) is 12.5 Å². The molecule has 1 saturated heterocycles. The first-order valence-electron chi connectivity index (χ1n) is 9.96. The zero-order valence-corrected chi connectivity index (χ0v) is 16.4. The number of piperazine rings is 1. The molecule has 1 amide bonds. The standard InChI is InChI=1S/C20H29F2N5O/c1-23-20(25-14-16-13-17(21)5-6-18(16)22)24-7-8-26-9-11-27(12-10-26)19(28)15-3-2-4-15/h5-6,13,15H,2-4,7-12,14H2,1H3,(H2,23,24,25). The lowest BCUT2D eigenvalue weighted by Gasteiger charge is -2.38. The maximum Gasteiger partial charge on any atom is 0.225 e. The third-order valence-corrected chi connectivity index (χ3v) is 5.54. The lowest BCUT2D eigenvalue weighted by molar-refractivity contribution is -0.139. The van der Waals surface area contributed by atoms with Gasteiger partial charge in [0.1, 0.15) is 11.6 Å². The number of nitrogens with one attached hydrogen (secondary N) is 2. The maximum atomic E-state index is 13.7. The van der Waals surface area contributed by atoms with Crippen LogP contribution in [0, 0.1) is 17.6 Å². The van der Waals surface area contributed by atoms with Gasteiger partial charge in [-0.25, -0.2) is 8.78 Å². The Bertz CT molecular complexity index is 700. The fourth-order valence-corrected chi connectivity index (χ4v) is 3.52. The van der Waals surface area contributed by atoms with Crippen molar-refractivity contribution in [3.63, 3.8) is 0 Å². The smallest absolute Gasteiger partial charge is 0.225 e. The summed E-state index contributed by atoms with van der Waals surface area (Å²) in [4.78, 5) is 20.7. The number of guanidine groups is 1. The zero-order chi connectivity index (χ0) is 19.9. The van der Waals surface area contributed by atoms with E-state index in [1.54, 1.807) is 7.05 Å². The highest BCUT2D eigenvalue weighted by atomic mass is 19.1. The van der Waals surface area contributed by atoms with Gasteiger partial charge in [-0.15, -0.1) is 0 Å². The Balaban J connectivity index is 1.34. The van der Waals surface area contributed by atoms with Crippen LogP contribution in [0.4, 0.5) is 8.78 Å². The minimum absolute atomic E-state index is 0.158. The summed E-state index contributed by atoms with van der Waals surface area (Å²) in [5.41, 5.74) is 0.259. The minimum Gasteiger partial charge on any atom is -0.355 e. The molecule has 8 heteroatoms. The molecular weight excluding hydrogens is 364 g/mol. The van der Waals surface area contributed by atoms with E-state index in [0.717, 1.165) is 57.7 Å². The Morgan fingerprint density at radius 2 is 1.93 bits per heavy atom. The van der Waals surface area contributed by atoms with Crippen LogP contribution in [0.2, 0.25) is 0 Å². The second kappa shape index (κ2) is 9.82. The van der Waals surface area contributed by atoms with Crippen LogP contribution in [0.25, 0.3) is 0 Å². The van der Waals surface area contributed by atoms with Gasteiger partial charge in [-0.05, 0) is 31.0 Å². The fourth-order valence-electron chi connectivity index (χ4n) is 3.52. The van der Waals surface area contributed by atoms with Crippen molar-refractivity contribution in [2.45, 2.75) is 25.8 Å². The second-order valence-electron chi connectivity index (χ2n) is 7.38. The molecule has 1 aliphatic carbocycles. The molecule has 3 rings (SSSR count). The summed E-state index contributed by atoms with van der Waals surface area (Å²) in [6, 6.07) is 3.41. The normalized spacial score (nSPS) is 18.7. The summed E-state index contributed by atoms with van der Waals surface area (Å²) in [5, 5.41) is 6.19. The molecule has 0 aromatic heterocycles. The number of aliphatic imine (C=N–C) groups is 1. The lowest BCUT2D eigenvalue weighted by atomic mass is 9.84. The average molecular weight is 393 g/mol. The van der Waals surface area contributed by atoms with Crippen molar-refractivity contribution in [1.82, 2.24) is 20.4 Å². The SMILES string of the molecule is CN=C(NCCN1CCN(C(=O)C2CCC2)CC1)NCc1cc(F)ccc1F. The van der Waals surface area contributed by atoms with Crippen molar-refractivity contribution < 1.29 is 13.6 Å². The fraction of sp³-hybridized carbons (Fsp3) is 0.600. The number of carbonyl (C=O) groups excluding carboxylic acids is 1. The van der Waals surface area contributed by atoms with Crippen LogP contribution in [0.15, 0.2) is 23.2 Å². The van der Waals surface area contributed by atoms with Crippen molar-refractivity contribution in [1.29, 1.82) is 0 Å². The topological polar surface area (TPSA) is 60.0 Å². The van der Waals surface area contributed by atoms with Gasteiger partial charge >= 0.3 is 0 Å². The van der Waals surface area contributed by atoms with Gasteiger partial charge in [-0.3, -0.25) is 14.7 Å². The van der Waals surface area contributed by atoms with Gasteiger partial charge in [-0.2, -0.15) is 0 Å². The maximum absolute atomic E-state index is 13.7. The number of amides is 1. The van der Waals surface area contributed by atoms with Crippen molar-refractivity contribution in [3.05, 3.63) is 35.4 Å². The van der Waals surface area contributed by atoms with Crippen LogP contribution in [-0.4, -0.2) is 68.0 Å². The average Bonchev–Trinajstić information content (AvgIpc) is 2.66. The van der Waals surface area contributed by atoms with Crippen LogP contribution in [-0.2, 0) is 11.3 Å². The second-order valence-corrected chi connectivity index (χ2v) is 7.38. The van der Waals surface area contributed by atoms with Crippen LogP contribution in [0.1, 0.15) is 24.8 Å². The number of nitrogens with zero attached hydrogens (tertiary/aromatic N) is 3. The Morgan fingerprint density at radius 1 is 1.18 bits per heavy atom. The first-order chi connectivity index (χ1) is 13.6. The predicted octanol–water partition coefficient (Wildman–Crippen LogP) is 1.57. The first kappa shape index (κ1) is 20.5. The molecule has 154 valence electrons. The van der Waals surface area contributed by atoms with E-state index < -0.39 is 11.6 Å². The highest BCUT2D eigenvalue weighted by molar-refractivity contribution is 5.80. The van der Waals surface area contributed by atoms with E-state index in [9.17, 15) is 13.6 Å². The monoisotopic (exact) mass is 393 g/mol. The Kier molecular flexibility index (Phi) is 7.19. The van der Waals surface area contributed by atoms with Crippen molar-refractivity contribution in [2.24, 2.45) is 10.9 Å². The molecule has 1 aromatic rings. The van der Waals surface area contributed by atoms with E-state index >= 15 is 0 Å². The quantitative estimate of drug-likeness (QED) is 0.569. The van der Waals surface area contributed by atoms with Crippen LogP contribution in [0.3, 0.4) is 0 Å². The number of rotatable bonds is 6. The summed E-state index contributed by atoms with van der Waals surface area (Å²) < 4.78 is 26.9. The number of hydrogen-bond acceptors (Lipinski definition) is 3. The highest BCUT2D eigenvalue weighted by Crippen LogP contribution is 2.28. The van der Waals surface area contributed by atoms with Gasteiger partial charge in [-0.1, -0.05) is 6.42 Å². The molecule has 6 nitrogen and oxygen atoms in total. The molecule has 1 aliphatic heterocycles. The summed E-state index contributed by atoms with van der Waals surface area (Å²) in [7, 11) is 1.64. The predicted molar refractivity (Wildman–Crippen MR) is 105 cm³/mol. The molecule has 0 unspecified atom stereocenters. The largest absolute Gasteiger partial charge is 0.355 e.